The second-order valence-corrected chi connectivity index (χ2v) is 7.20. The highest BCUT2D eigenvalue weighted by Crippen LogP contribution is 2.41. The van der Waals surface area contributed by atoms with E-state index in [2.05, 4.69) is 5.32 Å². The molecule has 1 N–H and O–H groups in total. The molecule has 0 aromatic heterocycles. The Kier molecular flexibility index (Phi) is 5.24. The third-order valence-electron chi connectivity index (χ3n) is 5.34. The number of benzene rings is 2. The van der Waals surface area contributed by atoms with Gasteiger partial charge in [0.2, 0.25) is 0 Å². The molecule has 2 heterocycles. The van der Waals surface area contributed by atoms with Crippen molar-refractivity contribution in [3.8, 4) is 0 Å². The average Bonchev–Trinajstić information content (AvgIpc) is 3.23. The Bertz CT molecular complexity index is 1040. The van der Waals surface area contributed by atoms with Gasteiger partial charge in [-0.15, -0.1) is 5.06 Å². The van der Waals surface area contributed by atoms with Crippen LogP contribution in [0.3, 0.4) is 0 Å². The highest BCUT2D eigenvalue weighted by atomic mass is 16.7. The van der Waals surface area contributed by atoms with Crippen molar-refractivity contribution >= 4 is 35.4 Å². The second kappa shape index (κ2) is 8.02. The van der Waals surface area contributed by atoms with E-state index in [0.29, 0.717) is 16.3 Å². The second-order valence-electron chi connectivity index (χ2n) is 7.20. The van der Waals surface area contributed by atoms with E-state index in [-0.39, 0.29) is 25.7 Å². The van der Waals surface area contributed by atoms with Crippen LogP contribution in [0.2, 0.25) is 0 Å². The quantitative estimate of drug-likeness (QED) is 0.564. The van der Waals surface area contributed by atoms with Crippen LogP contribution in [0.1, 0.15) is 31.2 Å². The summed E-state index contributed by atoms with van der Waals surface area (Å²) in [7, 11) is 0. The monoisotopic (exact) mass is 421 g/mol. The fraction of sp³-hybridized carbons (Fsp3) is 0.227. The van der Waals surface area contributed by atoms with Gasteiger partial charge in [-0.2, -0.15) is 0 Å². The lowest BCUT2D eigenvalue weighted by Crippen LogP contribution is -2.48. The lowest BCUT2D eigenvalue weighted by Gasteiger charge is -2.35. The molecule has 0 saturated carbocycles. The van der Waals surface area contributed by atoms with Crippen LogP contribution >= 0.6 is 0 Å². The van der Waals surface area contributed by atoms with E-state index >= 15 is 0 Å². The van der Waals surface area contributed by atoms with Gasteiger partial charge in [0.05, 0.1) is 6.42 Å². The molecule has 2 aromatic carbocycles. The topological polar surface area (TPSA) is 113 Å². The maximum Gasteiger partial charge on any atom is 0.333 e. The maximum absolute atomic E-state index is 13.1. The van der Waals surface area contributed by atoms with Crippen molar-refractivity contribution < 1.29 is 28.8 Å². The molecular formula is C22H19N3O6. The molecule has 4 rings (SSSR count). The van der Waals surface area contributed by atoms with Gasteiger partial charge >= 0.3 is 12.0 Å². The minimum Gasteiger partial charge on any atom is -0.330 e. The normalized spacial score (nSPS) is 20.9. The number of hydrogen-bond donors (Lipinski definition) is 1. The molecule has 0 spiro atoms. The predicted molar refractivity (Wildman–Crippen MR) is 107 cm³/mol. The van der Waals surface area contributed by atoms with Crippen molar-refractivity contribution in [1.82, 2.24) is 10.4 Å². The number of rotatable bonds is 6. The van der Waals surface area contributed by atoms with Gasteiger partial charge in [-0.05, 0) is 24.1 Å². The van der Waals surface area contributed by atoms with Crippen LogP contribution in [0, 0.1) is 0 Å². The fourth-order valence-electron chi connectivity index (χ4n) is 3.88. The summed E-state index contributed by atoms with van der Waals surface area (Å²) in [5.41, 5.74) is -0.506. The van der Waals surface area contributed by atoms with Crippen molar-refractivity contribution in [2.45, 2.75) is 31.2 Å². The first-order valence-electron chi connectivity index (χ1n) is 9.76. The van der Waals surface area contributed by atoms with Gasteiger partial charge in [0.1, 0.15) is 0 Å². The molecule has 0 bridgehead atoms. The Labute approximate surface area is 177 Å². The number of carbonyl (C=O) groups is 5. The van der Waals surface area contributed by atoms with Crippen LogP contribution in [0.5, 0.6) is 0 Å². The van der Waals surface area contributed by atoms with Crippen molar-refractivity contribution in [2.24, 2.45) is 0 Å². The predicted octanol–water partition coefficient (Wildman–Crippen LogP) is 2.03. The van der Waals surface area contributed by atoms with Gasteiger partial charge in [-0.1, -0.05) is 48.5 Å². The van der Waals surface area contributed by atoms with E-state index in [1.807, 2.05) is 0 Å². The molecule has 2 aliphatic rings. The van der Waals surface area contributed by atoms with Gasteiger partial charge < -0.3 is 4.84 Å². The molecule has 1 unspecified atom stereocenters. The summed E-state index contributed by atoms with van der Waals surface area (Å²) in [6.07, 6.45) is -0.452. The molecule has 1 atom stereocenters. The summed E-state index contributed by atoms with van der Waals surface area (Å²) in [6.45, 7) is 0. The zero-order valence-electron chi connectivity index (χ0n) is 16.4. The third-order valence-corrected chi connectivity index (χ3v) is 5.34. The number of para-hydroxylation sites is 1. The Morgan fingerprint density at radius 2 is 1.48 bits per heavy atom. The Morgan fingerprint density at radius 1 is 0.903 bits per heavy atom. The number of nitrogens with one attached hydrogen (secondary N) is 1. The molecule has 0 aliphatic carbocycles. The molecule has 9 nitrogen and oxygen atoms in total. The Balaban J connectivity index is 1.66. The molecule has 31 heavy (non-hydrogen) atoms. The van der Waals surface area contributed by atoms with Crippen molar-refractivity contribution in [1.29, 1.82) is 0 Å². The minimum atomic E-state index is -1.50. The van der Waals surface area contributed by atoms with Crippen LogP contribution in [-0.4, -0.2) is 34.8 Å². The van der Waals surface area contributed by atoms with Crippen molar-refractivity contribution in [3.05, 3.63) is 66.2 Å². The zero-order chi connectivity index (χ0) is 22.0. The maximum atomic E-state index is 13.1. The number of urea groups is 1. The summed E-state index contributed by atoms with van der Waals surface area (Å²) >= 11 is 0. The molecule has 9 heteroatoms. The standard InChI is InChI=1S/C22H19N3O6/c26-17-11-12-18(27)25(17)31-19(28)13-14-22(15-7-3-1-4-8-15)20(29)23-21(30)24(22)16-9-5-2-6-10-16/h1-10H,11-14H2,(H,23,29,30). The van der Waals surface area contributed by atoms with Crippen LogP contribution in [0.4, 0.5) is 10.5 Å². The van der Waals surface area contributed by atoms with E-state index in [4.69, 9.17) is 4.84 Å². The van der Waals surface area contributed by atoms with Gasteiger partial charge in [0.25, 0.3) is 17.7 Å². The van der Waals surface area contributed by atoms with Crippen LogP contribution < -0.4 is 10.2 Å². The van der Waals surface area contributed by atoms with Crippen molar-refractivity contribution in [2.75, 3.05) is 4.90 Å². The largest absolute Gasteiger partial charge is 0.333 e. The molecule has 2 saturated heterocycles. The highest BCUT2D eigenvalue weighted by molar-refractivity contribution is 6.17. The van der Waals surface area contributed by atoms with E-state index in [1.165, 1.54) is 4.90 Å². The minimum absolute atomic E-state index is 0.0151. The summed E-state index contributed by atoms with van der Waals surface area (Å²) < 4.78 is 0. The van der Waals surface area contributed by atoms with E-state index in [0.717, 1.165) is 0 Å². The molecule has 2 fully saturated rings. The molecule has 158 valence electrons. The Hall–Kier alpha value is -4.01. The van der Waals surface area contributed by atoms with Gasteiger partial charge in [-0.3, -0.25) is 24.6 Å². The zero-order valence-corrected chi connectivity index (χ0v) is 16.4. The summed E-state index contributed by atoms with van der Waals surface area (Å²) in [6, 6.07) is 16.7. The SMILES string of the molecule is O=C(CCC1(c2ccccc2)C(=O)NC(=O)N1c1ccccc1)ON1C(=O)CCC1=O. The van der Waals surface area contributed by atoms with Crippen LogP contribution in [0.15, 0.2) is 60.7 Å². The van der Waals surface area contributed by atoms with Crippen molar-refractivity contribution in [3.63, 3.8) is 0 Å². The first-order chi connectivity index (χ1) is 14.9. The number of anilines is 1. The van der Waals surface area contributed by atoms with E-state index in [9.17, 15) is 24.0 Å². The van der Waals surface area contributed by atoms with Gasteiger partial charge in [0.15, 0.2) is 5.54 Å². The number of nitrogens with zero attached hydrogens (tertiary/aromatic N) is 2. The summed E-state index contributed by atoms with van der Waals surface area (Å²) in [5, 5.41) is 2.81. The molecule has 5 amide bonds. The van der Waals surface area contributed by atoms with Crippen LogP contribution in [-0.2, 0) is 29.6 Å². The average molecular weight is 421 g/mol. The summed E-state index contributed by atoms with van der Waals surface area (Å²) in [5.74, 6) is -2.60. The lowest BCUT2D eigenvalue weighted by molar-refractivity contribution is -0.197. The van der Waals surface area contributed by atoms with E-state index < -0.39 is 35.3 Å². The number of hydrogen-bond acceptors (Lipinski definition) is 6. The third kappa shape index (κ3) is 3.54. The smallest absolute Gasteiger partial charge is 0.330 e. The highest BCUT2D eigenvalue weighted by Gasteiger charge is 2.55. The lowest BCUT2D eigenvalue weighted by atomic mass is 9.83. The first kappa shape index (κ1) is 20.3. The summed E-state index contributed by atoms with van der Waals surface area (Å²) in [4.78, 5) is 68.0. The van der Waals surface area contributed by atoms with Gasteiger partial charge in [0, 0.05) is 18.5 Å². The van der Waals surface area contributed by atoms with Crippen LogP contribution in [0.25, 0.3) is 0 Å². The first-order valence-corrected chi connectivity index (χ1v) is 9.76. The number of amides is 5. The molecule has 2 aliphatic heterocycles. The molecule has 0 radical (unpaired) electrons. The van der Waals surface area contributed by atoms with Gasteiger partial charge in [-0.25, -0.2) is 9.59 Å². The molecule has 2 aromatic rings. The van der Waals surface area contributed by atoms with E-state index in [1.54, 1.807) is 60.7 Å². The Morgan fingerprint density at radius 3 is 2.10 bits per heavy atom. The number of imide groups is 2. The molecular weight excluding hydrogens is 402 g/mol. The number of hydroxylamine groups is 2. The fourth-order valence-corrected chi connectivity index (χ4v) is 3.88. The number of carbonyl (C=O) groups excluding carboxylic acids is 5.